The van der Waals surface area contributed by atoms with Crippen LogP contribution in [0, 0.1) is 11.7 Å². The van der Waals surface area contributed by atoms with Crippen molar-refractivity contribution in [3.63, 3.8) is 0 Å². The average Bonchev–Trinajstić information content (AvgIpc) is 3.19. The molecule has 32 heavy (non-hydrogen) atoms. The van der Waals surface area contributed by atoms with Gasteiger partial charge in [-0.05, 0) is 79.0 Å². The van der Waals surface area contributed by atoms with Crippen LogP contribution in [0.4, 0.5) is 13.2 Å². The van der Waals surface area contributed by atoms with Crippen LogP contribution >= 0.6 is 11.3 Å². The van der Waals surface area contributed by atoms with Gasteiger partial charge >= 0.3 is 6.11 Å². The van der Waals surface area contributed by atoms with E-state index in [9.17, 15) is 13.2 Å². The lowest BCUT2D eigenvalue weighted by atomic mass is 9.84. The number of ether oxygens (including phenoxy) is 2. The molecule has 1 aromatic heterocycles. The molecule has 0 aliphatic heterocycles. The van der Waals surface area contributed by atoms with Gasteiger partial charge in [0.05, 0.1) is 16.9 Å². The summed E-state index contributed by atoms with van der Waals surface area (Å²) in [5.41, 5.74) is 1.97. The van der Waals surface area contributed by atoms with Gasteiger partial charge in [-0.25, -0.2) is 4.39 Å². The summed E-state index contributed by atoms with van der Waals surface area (Å²) in [5.74, 6) is 0.282. The van der Waals surface area contributed by atoms with Crippen LogP contribution in [0.5, 0.6) is 10.8 Å². The zero-order valence-corrected chi connectivity index (χ0v) is 19.1. The summed E-state index contributed by atoms with van der Waals surface area (Å²) in [6, 6.07) is 10.9. The van der Waals surface area contributed by atoms with Crippen molar-refractivity contribution in [2.45, 2.75) is 52.1 Å². The highest BCUT2D eigenvalue weighted by Crippen LogP contribution is 2.41. The van der Waals surface area contributed by atoms with E-state index in [2.05, 4.69) is 13.0 Å². The van der Waals surface area contributed by atoms with E-state index in [0.717, 1.165) is 42.1 Å². The third-order valence-electron chi connectivity index (χ3n) is 5.90. The highest BCUT2D eigenvalue weighted by atomic mass is 32.1. The number of allylic oxidation sites excluding steroid dienone is 2. The molecule has 0 bridgehead atoms. The highest BCUT2D eigenvalue weighted by Gasteiger charge is 2.35. The fourth-order valence-corrected chi connectivity index (χ4v) is 5.20. The summed E-state index contributed by atoms with van der Waals surface area (Å²) in [6.07, 6.45) is 4.33. The Morgan fingerprint density at radius 1 is 1.09 bits per heavy atom. The number of benzene rings is 2. The Kier molecular flexibility index (Phi) is 6.79. The standard InChI is InChI=1S/C26H27F3O2S/c1-3-5-17-6-8-18(9-7-17)19-10-13-21(14-11-19)26(28,29)31-23-16-20-12-15-22(30-4-2)24(27)25(20)32-23/h8,10-17H,3-7,9H2,1-2H3. The zero-order chi connectivity index (χ0) is 22.7. The van der Waals surface area contributed by atoms with Crippen LogP contribution in [0.3, 0.4) is 0 Å². The maximum absolute atomic E-state index is 14.8. The van der Waals surface area contributed by atoms with Crippen molar-refractivity contribution >= 4 is 27.0 Å². The first kappa shape index (κ1) is 22.7. The van der Waals surface area contributed by atoms with E-state index in [1.807, 2.05) is 0 Å². The van der Waals surface area contributed by atoms with Gasteiger partial charge in [-0.15, -0.1) is 0 Å². The molecule has 2 nitrogen and oxygen atoms in total. The molecule has 0 radical (unpaired) electrons. The van der Waals surface area contributed by atoms with Gasteiger partial charge in [0.1, 0.15) is 0 Å². The van der Waals surface area contributed by atoms with Crippen molar-refractivity contribution in [3.8, 4) is 10.8 Å². The second kappa shape index (κ2) is 9.57. The lowest BCUT2D eigenvalue weighted by molar-refractivity contribution is -0.183. The molecule has 0 saturated carbocycles. The minimum Gasteiger partial charge on any atom is -0.491 e. The molecule has 1 aliphatic rings. The summed E-state index contributed by atoms with van der Waals surface area (Å²) in [4.78, 5) is 0. The largest absolute Gasteiger partial charge is 0.491 e. The molecule has 3 aromatic rings. The van der Waals surface area contributed by atoms with Crippen LogP contribution in [-0.4, -0.2) is 6.61 Å². The van der Waals surface area contributed by atoms with Gasteiger partial charge in [-0.1, -0.05) is 49.3 Å². The number of fused-ring (bicyclic) bond motifs is 1. The fraction of sp³-hybridized carbons (Fsp3) is 0.385. The summed E-state index contributed by atoms with van der Waals surface area (Å²) >= 11 is 0.849. The van der Waals surface area contributed by atoms with Crippen LogP contribution in [0.25, 0.3) is 15.7 Å². The first-order valence-electron chi connectivity index (χ1n) is 11.1. The number of thiophene rings is 1. The third kappa shape index (κ3) is 4.80. The molecule has 2 aromatic carbocycles. The Bertz CT molecular complexity index is 1100. The average molecular weight is 461 g/mol. The van der Waals surface area contributed by atoms with E-state index in [0.29, 0.717) is 12.0 Å². The predicted molar refractivity (Wildman–Crippen MR) is 124 cm³/mol. The smallest absolute Gasteiger partial charge is 0.427 e. The van der Waals surface area contributed by atoms with Crippen molar-refractivity contribution < 1.29 is 22.6 Å². The molecule has 0 amide bonds. The van der Waals surface area contributed by atoms with Crippen molar-refractivity contribution in [3.05, 3.63) is 65.5 Å². The molecule has 1 heterocycles. The van der Waals surface area contributed by atoms with Gasteiger partial charge in [0, 0.05) is 0 Å². The summed E-state index contributed by atoms with van der Waals surface area (Å²) < 4.78 is 54.7. The summed E-state index contributed by atoms with van der Waals surface area (Å²) in [7, 11) is 0. The number of rotatable bonds is 8. The second-order valence-corrected chi connectivity index (χ2v) is 9.16. The lowest BCUT2D eigenvalue weighted by Gasteiger charge is -2.22. The maximum Gasteiger partial charge on any atom is 0.427 e. The normalized spacial score (nSPS) is 16.8. The SMILES string of the molecule is CCCC1CC=C(c2ccc(C(F)(F)Oc3cc4ccc(OCC)c(F)c4s3)cc2)CC1. The number of hydrogen-bond acceptors (Lipinski definition) is 3. The molecule has 1 atom stereocenters. The van der Waals surface area contributed by atoms with E-state index in [1.165, 1.54) is 42.7 Å². The fourth-order valence-electron chi connectivity index (χ4n) is 4.23. The quantitative estimate of drug-likeness (QED) is 0.335. The number of hydrogen-bond donors (Lipinski definition) is 0. The van der Waals surface area contributed by atoms with E-state index in [-0.39, 0.29) is 21.1 Å². The zero-order valence-electron chi connectivity index (χ0n) is 18.3. The van der Waals surface area contributed by atoms with Gasteiger partial charge in [-0.2, -0.15) is 8.78 Å². The molecule has 6 heteroatoms. The third-order valence-corrected chi connectivity index (χ3v) is 6.93. The van der Waals surface area contributed by atoms with Crippen LogP contribution in [0.2, 0.25) is 0 Å². The van der Waals surface area contributed by atoms with Gasteiger partial charge in [-0.3, -0.25) is 0 Å². The monoisotopic (exact) mass is 460 g/mol. The number of alkyl halides is 2. The maximum atomic E-state index is 14.8. The molecular formula is C26H27F3O2S. The Morgan fingerprint density at radius 2 is 1.88 bits per heavy atom. The van der Waals surface area contributed by atoms with Crippen LogP contribution in [0.15, 0.2) is 48.5 Å². The molecule has 1 aliphatic carbocycles. The Balaban J connectivity index is 1.49. The highest BCUT2D eigenvalue weighted by molar-refractivity contribution is 7.20. The predicted octanol–water partition coefficient (Wildman–Crippen LogP) is 8.55. The topological polar surface area (TPSA) is 18.5 Å². The van der Waals surface area contributed by atoms with Crippen molar-refractivity contribution in [2.75, 3.05) is 6.61 Å². The molecule has 0 N–H and O–H groups in total. The Morgan fingerprint density at radius 3 is 2.53 bits per heavy atom. The summed E-state index contributed by atoms with van der Waals surface area (Å²) in [5, 5.41) is 0.460. The van der Waals surface area contributed by atoms with E-state index in [4.69, 9.17) is 9.47 Å². The molecule has 0 spiro atoms. The molecule has 0 saturated heterocycles. The number of halogens is 3. The van der Waals surface area contributed by atoms with Crippen LogP contribution in [-0.2, 0) is 6.11 Å². The second-order valence-electron chi connectivity index (χ2n) is 8.15. The Labute approximate surface area is 190 Å². The van der Waals surface area contributed by atoms with Gasteiger partial charge in [0.15, 0.2) is 16.6 Å². The lowest BCUT2D eigenvalue weighted by Crippen LogP contribution is -2.21. The van der Waals surface area contributed by atoms with Crippen LogP contribution in [0.1, 0.15) is 57.1 Å². The minimum absolute atomic E-state index is 0.0430. The Hall–Kier alpha value is -2.47. The summed E-state index contributed by atoms with van der Waals surface area (Å²) in [6.45, 7) is 4.28. The minimum atomic E-state index is -3.52. The van der Waals surface area contributed by atoms with Crippen molar-refractivity contribution in [1.29, 1.82) is 0 Å². The first-order chi connectivity index (χ1) is 15.4. The van der Waals surface area contributed by atoms with E-state index >= 15 is 0 Å². The first-order valence-corrected chi connectivity index (χ1v) is 11.9. The van der Waals surface area contributed by atoms with E-state index in [1.54, 1.807) is 25.1 Å². The molecule has 170 valence electrons. The van der Waals surface area contributed by atoms with Crippen molar-refractivity contribution in [2.24, 2.45) is 5.92 Å². The van der Waals surface area contributed by atoms with Crippen LogP contribution < -0.4 is 9.47 Å². The molecule has 4 rings (SSSR count). The van der Waals surface area contributed by atoms with Gasteiger partial charge < -0.3 is 9.47 Å². The molecule has 0 fully saturated rings. The molecular weight excluding hydrogens is 433 g/mol. The molecule has 1 unspecified atom stereocenters. The van der Waals surface area contributed by atoms with Gasteiger partial charge in [0.2, 0.25) is 0 Å². The van der Waals surface area contributed by atoms with E-state index < -0.39 is 11.9 Å². The van der Waals surface area contributed by atoms with Crippen molar-refractivity contribution in [1.82, 2.24) is 0 Å². The van der Waals surface area contributed by atoms with Gasteiger partial charge in [0.25, 0.3) is 0 Å².